The smallest absolute Gasteiger partial charge is 0.391 e. The summed E-state index contributed by atoms with van der Waals surface area (Å²) in [5.74, 6) is 0.674. The number of alkyl halides is 3. The van der Waals surface area contributed by atoms with E-state index < -0.39 is 25.3 Å². The van der Waals surface area contributed by atoms with Gasteiger partial charge >= 0.3 is 6.18 Å². The molecule has 1 aromatic rings. The summed E-state index contributed by atoms with van der Waals surface area (Å²) in [5.41, 5.74) is 6.68. The lowest BCUT2D eigenvalue weighted by Gasteiger charge is -2.24. The van der Waals surface area contributed by atoms with Crippen LogP contribution in [0.2, 0.25) is 0 Å². The molecule has 1 aromatic carbocycles. The van der Waals surface area contributed by atoms with Crippen LogP contribution in [0.5, 0.6) is 5.75 Å². The first kappa shape index (κ1) is 16.8. The van der Waals surface area contributed by atoms with Crippen LogP contribution in [-0.2, 0) is 4.74 Å². The summed E-state index contributed by atoms with van der Waals surface area (Å²) >= 11 is 0. The zero-order chi connectivity index (χ0) is 15.2. The lowest BCUT2D eigenvalue weighted by atomic mass is 10.0. The molecule has 0 fully saturated rings. The van der Waals surface area contributed by atoms with Gasteiger partial charge in [0.25, 0.3) is 0 Å². The van der Waals surface area contributed by atoms with Crippen LogP contribution in [0, 0.1) is 0 Å². The van der Waals surface area contributed by atoms with Crippen LogP contribution in [0.3, 0.4) is 0 Å². The number of rotatable bonds is 7. The highest BCUT2D eigenvalue weighted by atomic mass is 19.4. The predicted molar refractivity (Wildman–Crippen MR) is 70.6 cm³/mol. The molecule has 2 unspecified atom stereocenters. The van der Waals surface area contributed by atoms with E-state index in [-0.39, 0.29) is 6.04 Å². The summed E-state index contributed by atoms with van der Waals surface area (Å²) < 4.78 is 46.9. The van der Waals surface area contributed by atoms with Gasteiger partial charge in [0, 0.05) is 6.04 Å². The molecule has 0 radical (unpaired) electrons. The molecule has 0 heterocycles. The molecule has 20 heavy (non-hydrogen) atoms. The van der Waals surface area contributed by atoms with Crippen molar-refractivity contribution in [3.05, 3.63) is 29.8 Å². The minimum atomic E-state index is -4.22. The first-order valence-corrected chi connectivity index (χ1v) is 6.45. The van der Waals surface area contributed by atoms with E-state index in [1.807, 2.05) is 6.92 Å². The van der Waals surface area contributed by atoms with Gasteiger partial charge in [-0.2, -0.15) is 13.2 Å². The van der Waals surface area contributed by atoms with Gasteiger partial charge in [-0.05, 0) is 24.1 Å². The van der Waals surface area contributed by atoms with E-state index in [2.05, 4.69) is 0 Å². The number of ether oxygens (including phenoxy) is 2. The lowest BCUT2D eigenvalue weighted by molar-refractivity contribution is -0.150. The maximum atomic E-state index is 12.2. The second-order valence-corrected chi connectivity index (χ2v) is 4.50. The van der Waals surface area contributed by atoms with Crippen molar-refractivity contribution in [3.63, 3.8) is 0 Å². The molecule has 114 valence electrons. The molecule has 6 heteroatoms. The Labute approximate surface area is 116 Å². The molecule has 1 rings (SSSR count). The number of hydrogen-bond donors (Lipinski definition) is 1. The van der Waals surface area contributed by atoms with E-state index in [0.717, 1.165) is 5.56 Å². The van der Waals surface area contributed by atoms with E-state index in [1.165, 1.54) is 0 Å². The zero-order valence-electron chi connectivity index (χ0n) is 11.6. The fourth-order valence-corrected chi connectivity index (χ4v) is 1.78. The highest BCUT2D eigenvalue weighted by Gasteiger charge is 2.28. The fraction of sp³-hybridized carbons (Fsp3) is 0.571. The number of nitrogens with two attached hydrogens (primary N) is 1. The Morgan fingerprint density at radius 2 is 1.80 bits per heavy atom. The van der Waals surface area contributed by atoms with Crippen molar-refractivity contribution < 1.29 is 22.6 Å². The predicted octanol–water partition coefficient (Wildman–Crippen LogP) is 3.44. The standard InChI is InChI=1S/C14H20F3NO2/c1-3-12(18)13(20-9-8-14(15,16)17)10-4-6-11(19-2)7-5-10/h4-7,12-13H,3,8-9,18H2,1-2H3. The van der Waals surface area contributed by atoms with E-state index in [1.54, 1.807) is 31.4 Å². The van der Waals surface area contributed by atoms with Gasteiger partial charge in [0.2, 0.25) is 0 Å². The minimum Gasteiger partial charge on any atom is -0.497 e. The Bertz CT molecular complexity index is 392. The van der Waals surface area contributed by atoms with Crippen molar-refractivity contribution in [1.29, 1.82) is 0 Å². The van der Waals surface area contributed by atoms with Crippen LogP contribution in [-0.4, -0.2) is 25.9 Å². The summed E-state index contributed by atoms with van der Waals surface area (Å²) in [5, 5.41) is 0. The molecule has 0 bridgehead atoms. The normalized spacial score (nSPS) is 14.9. The monoisotopic (exact) mass is 291 g/mol. The quantitative estimate of drug-likeness (QED) is 0.837. The van der Waals surface area contributed by atoms with Crippen LogP contribution < -0.4 is 10.5 Å². The first-order chi connectivity index (χ1) is 9.37. The van der Waals surface area contributed by atoms with Gasteiger partial charge in [0.1, 0.15) is 5.75 Å². The van der Waals surface area contributed by atoms with E-state index in [4.69, 9.17) is 15.2 Å². The van der Waals surface area contributed by atoms with Crippen molar-refractivity contribution in [2.75, 3.05) is 13.7 Å². The molecule has 0 spiro atoms. The summed E-state index contributed by atoms with van der Waals surface area (Å²) in [6.45, 7) is 1.47. The molecular weight excluding hydrogens is 271 g/mol. The van der Waals surface area contributed by atoms with Gasteiger partial charge in [-0.3, -0.25) is 0 Å². The Balaban J connectivity index is 2.72. The number of methoxy groups -OCH3 is 1. The summed E-state index contributed by atoms with van der Waals surface area (Å²) in [7, 11) is 1.55. The number of halogens is 3. The third-order valence-electron chi connectivity index (χ3n) is 2.99. The van der Waals surface area contributed by atoms with Crippen LogP contribution in [0.25, 0.3) is 0 Å². The minimum absolute atomic E-state index is 0.350. The topological polar surface area (TPSA) is 44.5 Å². The van der Waals surface area contributed by atoms with Crippen LogP contribution in [0.1, 0.15) is 31.4 Å². The highest BCUT2D eigenvalue weighted by molar-refractivity contribution is 5.29. The van der Waals surface area contributed by atoms with Crippen molar-refractivity contribution in [1.82, 2.24) is 0 Å². The maximum absolute atomic E-state index is 12.2. The average Bonchev–Trinajstić information content (AvgIpc) is 2.42. The summed E-state index contributed by atoms with van der Waals surface area (Å²) in [6, 6.07) is 6.63. The van der Waals surface area contributed by atoms with Crippen molar-refractivity contribution >= 4 is 0 Å². The third kappa shape index (κ3) is 5.38. The molecule has 0 aliphatic carbocycles. The second kappa shape index (κ2) is 7.50. The molecule has 2 atom stereocenters. The average molecular weight is 291 g/mol. The van der Waals surface area contributed by atoms with Gasteiger partial charge < -0.3 is 15.2 Å². The maximum Gasteiger partial charge on any atom is 0.391 e. The fourth-order valence-electron chi connectivity index (χ4n) is 1.78. The molecule has 2 N–H and O–H groups in total. The van der Waals surface area contributed by atoms with Crippen LogP contribution in [0.15, 0.2) is 24.3 Å². The van der Waals surface area contributed by atoms with Gasteiger partial charge in [-0.1, -0.05) is 19.1 Å². The van der Waals surface area contributed by atoms with Gasteiger partial charge in [0.05, 0.1) is 26.2 Å². The molecule has 0 saturated carbocycles. The van der Waals surface area contributed by atoms with Gasteiger partial charge in [0.15, 0.2) is 0 Å². The molecular formula is C14H20F3NO2. The lowest BCUT2D eigenvalue weighted by Crippen LogP contribution is -2.30. The van der Waals surface area contributed by atoms with Crippen LogP contribution >= 0.6 is 0 Å². The molecule has 0 aliphatic rings. The Kier molecular flexibility index (Phi) is 6.29. The largest absolute Gasteiger partial charge is 0.497 e. The SMILES string of the molecule is CCC(N)C(OCCC(F)(F)F)c1ccc(OC)cc1. The van der Waals surface area contributed by atoms with Crippen molar-refractivity contribution in [2.45, 2.75) is 38.1 Å². The van der Waals surface area contributed by atoms with Crippen molar-refractivity contribution in [3.8, 4) is 5.75 Å². The summed E-state index contributed by atoms with van der Waals surface area (Å²) in [6.07, 6.45) is -5.13. The number of hydrogen-bond acceptors (Lipinski definition) is 3. The van der Waals surface area contributed by atoms with Gasteiger partial charge in [-0.15, -0.1) is 0 Å². The Morgan fingerprint density at radius 3 is 2.25 bits per heavy atom. The van der Waals surface area contributed by atoms with E-state index in [0.29, 0.717) is 12.2 Å². The first-order valence-electron chi connectivity index (χ1n) is 6.45. The van der Waals surface area contributed by atoms with E-state index in [9.17, 15) is 13.2 Å². The Morgan fingerprint density at radius 1 is 1.20 bits per heavy atom. The van der Waals surface area contributed by atoms with E-state index >= 15 is 0 Å². The van der Waals surface area contributed by atoms with Crippen molar-refractivity contribution in [2.24, 2.45) is 5.73 Å². The summed E-state index contributed by atoms with van der Waals surface area (Å²) in [4.78, 5) is 0. The molecule has 0 amide bonds. The highest BCUT2D eigenvalue weighted by Crippen LogP contribution is 2.26. The Hall–Kier alpha value is -1.27. The van der Waals surface area contributed by atoms with Crippen LogP contribution in [0.4, 0.5) is 13.2 Å². The van der Waals surface area contributed by atoms with Gasteiger partial charge in [-0.25, -0.2) is 0 Å². The number of benzene rings is 1. The second-order valence-electron chi connectivity index (χ2n) is 4.50. The zero-order valence-corrected chi connectivity index (χ0v) is 11.6. The molecule has 0 aliphatic heterocycles. The molecule has 0 saturated heterocycles. The third-order valence-corrected chi connectivity index (χ3v) is 2.99. The molecule has 0 aromatic heterocycles. The molecule has 3 nitrogen and oxygen atoms in total.